The van der Waals surface area contributed by atoms with Gasteiger partial charge in [-0.25, -0.2) is 0 Å². The summed E-state index contributed by atoms with van der Waals surface area (Å²) in [7, 11) is 1.45. The zero-order valence-corrected chi connectivity index (χ0v) is 21.1. The molecule has 39 heavy (non-hydrogen) atoms. The molecule has 0 spiro atoms. The Hall–Kier alpha value is -4.17. The number of aromatic hydroxyl groups is 1. The molecule has 0 saturated carbocycles. The van der Waals surface area contributed by atoms with E-state index >= 15 is 0 Å². The fourth-order valence-electron chi connectivity index (χ4n) is 6.19. The molecule has 0 amide bonds. The van der Waals surface area contributed by atoms with Crippen LogP contribution in [0.15, 0.2) is 78.9 Å². The summed E-state index contributed by atoms with van der Waals surface area (Å²) in [5, 5.41) is 14.4. The number of nitrogens with two attached hydrogens (primary N) is 1. The second-order valence-corrected chi connectivity index (χ2v) is 9.95. The van der Waals surface area contributed by atoms with E-state index in [1.165, 1.54) is 36.4 Å². The molecule has 1 aliphatic heterocycles. The molecule has 2 aliphatic rings. The second kappa shape index (κ2) is 9.54. The van der Waals surface area contributed by atoms with Gasteiger partial charge < -0.3 is 25.6 Å². The number of nitrogens with one attached hydrogen (secondary N) is 1. The Kier molecular flexibility index (Phi) is 6.14. The topological polar surface area (TPSA) is 76.7 Å². The first-order valence-electron chi connectivity index (χ1n) is 12.7. The van der Waals surface area contributed by atoms with Crippen molar-refractivity contribution in [2.75, 3.05) is 12.4 Å². The Balaban J connectivity index is 1.56. The van der Waals surface area contributed by atoms with Gasteiger partial charge >= 0.3 is 6.36 Å². The van der Waals surface area contributed by atoms with Crippen molar-refractivity contribution >= 4 is 5.69 Å². The monoisotopic (exact) mass is 532 g/mol. The third-order valence-corrected chi connectivity index (χ3v) is 7.79. The summed E-state index contributed by atoms with van der Waals surface area (Å²) < 4.78 is 49.8. The SMILES string of the molecule is COc1cc(C2Nc3ccc(CN)cc3C3c4ccccc4CC23)c(-c2ccccc2OC(F)(F)F)cc1O. The molecule has 1 heterocycles. The van der Waals surface area contributed by atoms with Gasteiger partial charge in [0.15, 0.2) is 11.5 Å². The minimum Gasteiger partial charge on any atom is -0.504 e. The Morgan fingerprint density at radius 2 is 1.67 bits per heavy atom. The standard InChI is InChI=1S/C31H27F3N2O3/c1-38-28-15-22(21(14-26(28)37)20-8-4-5-9-27(20)39-31(32,33)34)30-24-13-18-6-2-3-7-19(18)29(24)23-12-17(16-35)10-11-25(23)36-30/h2-12,14-15,24,29-30,36-37H,13,16,35H2,1H3. The summed E-state index contributed by atoms with van der Waals surface area (Å²) in [6, 6.07) is 23.3. The van der Waals surface area contributed by atoms with Crippen LogP contribution >= 0.6 is 0 Å². The number of hydrogen-bond acceptors (Lipinski definition) is 5. The molecule has 3 atom stereocenters. The molecule has 0 aromatic heterocycles. The van der Waals surface area contributed by atoms with Crippen LogP contribution in [0, 0.1) is 5.92 Å². The fourth-order valence-corrected chi connectivity index (χ4v) is 6.19. The summed E-state index contributed by atoms with van der Waals surface area (Å²) >= 11 is 0. The summed E-state index contributed by atoms with van der Waals surface area (Å²) in [6.07, 6.45) is -4.10. The highest BCUT2D eigenvalue weighted by molar-refractivity contribution is 5.78. The van der Waals surface area contributed by atoms with E-state index in [-0.39, 0.29) is 40.7 Å². The number of benzene rings is 4. The fraction of sp³-hybridized carbons (Fsp3) is 0.226. The summed E-state index contributed by atoms with van der Waals surface area (Å²) in [4.78, 5) is 0. The van der Waals surface area contributed by atoms with Crippen molar-refractivity contribution in [2.45, 2.75) is 31.3 Å². The van der Waals surface area contributed by atoms with E-state index in [4.69, 9.17) is 10.5 Å². The van der Waals surface area contributed by atoms with Crippen LogP contribution in [0.2, 0.25) is 0 Å². The number of anilines is 1. The first-order valence-corrected chi connectivity index (χ1v) is 12.7. The first-order chi connectivity index (χ1) is 18.8. The lowest BCUT2D eigenvalue weighted by molar-refractivity contribution is -0.274. The number of hydrogen-bond donors (Lipinski definition) is 3. The highest BCUT2D eigenvalue weighted by atomic mass is 19.4. The number of rotatable bonds is 5. The summed E-state index contributed by atoms with van der Waals surface area (Å²) in [5.74, 6) is -0.171. The molecule has 0 bridgehead atoms. The molecule has 4 aromatic carbocycles. The van der Waals surface area contributed by atoms with Crippen LogP contribution in [0.3, 0.4) is 0 Å². The van der Waals surface area contributed by atoms with Crippen molar-refractivity contribution in [3.05, 3.63) is 107 Å². The highest BCUT2D eigenvalue weighted by Gasteiger charge is 2.44. The lowest BCUT2D eigenvalue weighted by Gasteiger charge is -2.39. The van der Waals surface area contributed by atoms with E-state index in [1.54, 1.807) is 18.2 Å². The van der Waals surface area contributed by atoms with Gasteiger partial charge in [0.05, 0.1) is 13.2 Å². The lowest BCUT2D eigenvalue weighted by Crippen LogP contribution is -2.31. The van der Waals surface area contributed by atoms with Gasteiger partial charge in [-0.2, -0.15) is 0 Å². The number of halogens is 3. The van der Waals surface area contributed by atoms with Crippen molar-refractivity contribution in [3.8, 4) is 28.4 Å². The normalized spacial score (nSPS) is 19.5. The van der Waals surface area contributed by atoms with Crippen LogP contribution in [0.4, 0.5) is 18.9 Å². The van der Waals surface area contributed by atoms with Crippen LogP contribution in [-0.2, 0) is 13.0 Å². The van der Waals surface area contributed by atoms with Crippen molar-refractivity contribution in [2.24, 2.45) is 11.7 Å². The molecule has 8 heteroatoms. The molecule has 0 fully saturated rings. The van der Waals surface area contributed by atoms with E-state index in [0.29, 0.717) is 17.7 Å². The van der Waals surface area contributed by atoms with Gasteiger partial charge in [0, 0.05) is 23.7 Å². The lowest BCUT2D eigenvalue weighted by atomic mass is 9.74. The predicted molar refractivity (Wildman–Crippen MR) is 143 cm³/mol. The molecule has 6 rings (SSSR count). The minimum atomic E-state index is -4.87. The van der Waals surface area contributed by atoms with E-state index in [9.17, 15) is 18.3 Å². The maximum Gasteiger partial charge on any atom is 0.573 e. The molecular weight excluding hydrogens is 505 g/mol. The third kappa shape index (κ3) is 4.44. The molecule has 3 unspecified atom stereocenters. The van der Waals surface area contributed by atoms with Crippen molar-refractivity contribution in [3.63, 3.8) is 0 Å². The van der Waals surface area contributed by atoms with E-state index in [1.807, 2.05) is 24.3 Å². The van der Waals surface area contributed by atoms with Gasteiger partial charge in [-0.3, -0.25) is 0 Å². The van der Waals surface area contributed by atoms with Gasteiger partial charge in [-0.15, -0.1) is 13.2 Å². The van der Waals surface area contributed by atoms with E-state index in [0.717, 1.165) is 23.2 Å². The molecule has 4 aromatic rings. The van der Waals surface area contributed by atoms with Gasteiger partial charge in [0.1, 0.15) is 5.75 Å². The molecule has 0 radical (unpaired) electrons. The maximum atomic E-state index is 13.3. The molecule has 4 N–H and O–H groups in total. The number of ether oxygens (including phenoxy) is 2. The number of phenols is 1. The number of alkyl halides is 3. The number of phenolic OH excluding ortho intramolecular Hbond substituents is 1. The molecule has 200 valence electrons. The average Bonchev–Trinajstić information content (AvgIpc) is 3.32. The largest absolute Gasteiger partial charge is 0.573 e. The summed E-state index contributed by atoms with van der Waals surface area (Å²) in [5.41, 5.74) is 12.9. The molecular formula is C31H27F3N2O3. The Morgan fingerprint density at radius 3 is 2.44 bits per heavy atom. The maximum absolute atomic E-state index is 13.3. The van der Waals surface area contributed by atoms with E-state index < -0.39 is 6.36 Å². The van der Waals surface area contributed by atoms with Gasteiger partial charge in [0.2, 0.25) is 0 Å². The van der Waals surface area contributed by atoms with Crippen LogP contribution in [-0.4, -0.2) is 18.6 Å². The van der Waals surface area contributed by atoms with Gasteiger partial charge in [-0.05, 0) is 70.0 Å². The molecule has 0 saturated heterocycles. The van der Waals surface area contributed by atoms with Crippen LogP contribution in [0.1, 0.15) is 39.8 Å². The van der Waals surface area contributed by atoms with Gasteiger partial charge in [-0.1, -0.05) is 54.6 Å². The van der Waals surface area contributed by atoms with Crippen molar-refractivity contribution in [1.82, 2.24) is 0 Å². The molecule has 1 aliphatic carbocycles. The van der Waals surface area contributed by atoms with Crippen LogP contribution < -0.4 is 20.5 Å². The molecule has 5 nitrogen and oxygen atoms in total. The summed E-state index contributed by atoms with van der Waals surface area (Å²) in [6.45, 7) is 0.422. The number of methoxy groups -OCH3 is 1. The first kappa shape index (κ1) is 25.1. The van der Waals surface area contributed by atoms with Crippen molar-refractivity contribution < 1.29 is 27.8 Å². The number of fused-ring (bicyclic) bond motifs is 5. The van der Waals surface area contributed by atoms with Crippen LogP contribution in [0.5, 0.6) is 17.2 Å². The zero-order chi connectivity index (χ0) is 27.3. The Morgan fingerprint density at radius 1 is 0.897 bits per heavy atom. The van der Waals surface area contributed by atoms with Crippen LogP contribution in [0.25, 0.3) is 11.1 Å². The third-order valence-electron chi connectivity index (χ3n) is 7.79. The quantitative estimate of drug-likeness (QED) is 0.261. The van der Waals surface area contributed by atoms with Gasteiger partial charge in [0.25, 0.3) is 0 Å². The van der Waals surface area contributed by atoms with E-state index in [2.05, 4.69) is 28.3 Å². The average molecular weight is 533 g/mol. The second-order valence-electron chi connectivity index (χ2n) is 9.95. The minimum absolute atomic E-state index is 0.0478. The smallest absolute Gasteiger partial charge is 0.504 e. The van der Waals surface area contributed by atoms with Crippen molar-refractivity contribution in [1.29, 1.82) is 0 Å². The Bertz CT molecular complexity index is 1550. The predicted octanol–water partition coefficient (Wildman–Crippen LogP) is 6.90. The number of para-hydroxylation sites is 1. The zero-order valence-electron chi connectivity index (χ0n) is 21.1. The highest BCUT2D eigenvalue weighted by Crippen LogP contribution is 2.56. The Labute approximate surface area is 224 Å².